The van der Waals surface area contributed by atoms with Crippen LogP contribution >= 0.6 is 0 Å². The van der Waals surface area contributed by atoms with E-state index in [0.717, 1.165) is 83.9 Å². The van der Waals surface area contributed by atoms with E-state index in [2.05, 4.69) is 51.7 Å². The molecule has 0 radical (unpaired) electrons. The van der Waals surface area contributed by atoms with Gasteiger partial charge >= 0.3 is 0 Å². The lowest BCUT2D eigenvalue weighted by molar-refractivity contribution is 0.122. The van der Waals surface area contributed by atoms with Gasteiger partial charge < -0.3 is 30.0 Å². The molecular formula is C26H30N6O2. The van der Waals surface area contributed by atoms with Crippen LogP contribution in [0, 0.1) is 0 Å². The first-order valence-corrected chi connectivity index (χ1v) is 11.7. The van der Waals surface area contributed by atoms with Gasteiger partial charge in [-0.1, -0.05) is 18.2 Å². The lowest BCUT2D eigenvalue weighted by Crippen LogP contribution is -2.36. The molecule has 1 fully saturated rings. The van der Waals surface area contributed by atoms with Gasteiger partial charge in [0.05, 0.1) is 37.2 Å². The van der Waals surface area contributed by atoms with Crippen molar-refractivity contribution in [3.8, 4) is 5.75 Å². The van der Waals surface area contributed by atoms with Gasteiger partial charge in [-0.15, -0.1) is 0 Å². The summed E-state index contributed by atoms with van der Waals surface area (Å²) in [6.07, 6.45) is 2.46. The zero-order valence-electron chi connectivity index (χ0n) is 19.6. The zero-order valence-corrected chi connectivity index (χ0v) is 19.6. The van der Waals surface area contributed by atoms with Crippen molar-refractivity contribution in [2.75, 3.05) is 55.5 Å². The number of nitrogens with one attached hydrogen (secondary N) is 3. The molecule has 2 aromatic heterocycles. The van der Waals surface area contributed by atoms with Crippen LogP contribution in [0.5, 0.6) is 5.75 Å². The normalized spacial score (nSPS) is 13.8. The summed E-state index contributed by atoms with van der Waals surface area (Å²) in [7, 11) is 1.71. The molecule has 0 saturated carbocycles. The Labute approximate surface area is 199 Å². The second kappa shape index (κ2) is 10.0. The third-order valence-corrected chi connectivity index (χ3v) is 6.00. The molecule has 4 aromatic rings. The van der Waals surface area contributed by atoms with Crippen LogP contribution in [0.15, 0.2) is 54.7 Å². The summed E-state index contributed by atoms with van der Waals surface area (Å²) < 4.78 is 11.2. The van der Waals surface area contributed by atoms with E-state index in [-0.39, 0.29) is 0 Å². The molecule has 8 heteroatoms. The molecular weight excluding hydrogens is 428 g/mol. The summed E-state index contributed by atoms with van der Waals surface area (Å²) in [6, 6.07) is 16.5. The number of rotatable bonds is 8. The minimum absolute atomic E-state index is 0.567. The highest BCUT2D eigenvalue weighted by molar-refractivity contribution is 5.89. The maximum atomic E-state index is 5.75. The fourth-order valence-electron chi connectivity index (χ4n) is 4.29. The number of aromatic nitrogens is 3. The van der Waals surface area contributed by atoms with Gasteiger partial charge in [0.1, 0.15) is 17.1 Å². The number of methoxy groups -OCH3 is 1. The minimum Gasteiger partial charge on any atom is -0.496 e. The quantitative estimate of drug-likeness (QED) is 0.357. The Bertz CT molecular complexity index is 1270. The molecule has 1 aliphatic heterocycles. The van der Waals surface area contributed by atoms with E-state index in [4.69, 9.17) is 19.4 Å². The lowest BCUT2D eigenvalue weighted by Gasteiger charge is -2.29. The smallest absolute Gasteiger partial charge is 0.158 e. The Morgan fingerprint density at radius 2 is 1.88 bits per heavy atom. The largest absolute Gasteiger partial charge is 0.496 e. The van der Waals surface area contributed by atoms with Crippen LogP contribution in [0.3, 0.4) is 0 Å². The summed E-state index contributed by atoms with van der Waals surface area (Å²) >= 11 is 0. The highest BCUT2D eigenvalue weighted by Crippen LogP contribution is 2.30. The number of aromatic amines is 1. The topological polar surface area (TPSA) is 87.3 Å². The van der Waals surface area contributed by atoms with Crippen molar-refractivity contribution in [3.05, 3.63) is 66.1 Å². The van der Waals surface area contributed by atoms with E-state index in [1.807, 2.05) is 30.5 Å². The van der Waals surface area contributed by atoms with Gasteiger partial charge in [-0.05, 0) is 31.2 Å². The molecule has 3 heterocycles. The molecule has 34 heavy (non-hydrogen) atoms. The van der Waals surface area contributed by atoms with Crippen LogP contribution in [0.1, 0.15) is 18.3 Å². The lowest BCUT2D eigenvalue weighted by atomic mass is 10.1. The predicted molar refractivity (Wildman–Crippen MR) is 137 cm³/mol. The highest BCUT2D eigenvalue weighted by Gasteiger charge is 2.16. The van der Waals surface area contributed by atoms with Crippen molar-refractivity contribution in [1.82, 2.24) is 15.0 Å². The molecule has 0 atom stereocenters. The van der Waals surface area contributed by atoms with E-state index in [1.165, 1.54) is 0 Å². The maximum Gasteiger partial charge on any atom is 0.158 e. The molecule has 8 nitrogen and oxygen atoms in total. The molecule has 0 bridgehead atoms. The Balaban J connectivity index is 1.45. The van der Waals surface area contributed by atoms with E-state index < -0.39 is 0 Å². The number of benzene rings is 2. The maximum absolute atomic E-state index is 5.75. The monoisotopic (exact) mass is 458 g/mol. The third kappa shape index (κ3) is 4.63. The Hall–Kier alpha value is -3.78. The molecule has 0 spiro atoms. The van der Waals surface area contributed by atoms with Crippen LogP contribution in [0.2, 0.25) is 0 Å². The van der Waals surface area contributed by atoms with E-state index in [0.29, 0.717) is 6.42 Å². The minimum atomic E-state index is 0.567. The fourth-order valence-corrected chi connectivity index (χ4v) is 4.29. The van der Waals surface area contributed by atoms with Crippen LogP contribution in [0.4, 0.5) is 22.9 Å². The molecule has 3 N–H and O–H groups in total. The Kier molecular flexibility index (Phi) is 6.49. The molecule has 1 aliphatic rings. The molecule has 0 unspecified atom stereocenters. The van der Waals surface area contributed by atoms with E-state index in [9.17, 15) is 0 Å². The predicted octanol–water partition coefficient (Wildman–Crippen LogP) is 4.57. The first kappa shape index (κ1) is 22.0. The number of ether oxygens (including phenoxy) is 2. The van der Waals surface area contributed by atoms with Gasteiger partial charge in [0.2, 0.25) is 0 Å². The second-order valence-corrected chi connectivity index (χ2v) is 8.20. The number of para-hydroxylation sites is 2. The zero-order chi connectivity index (χ0) is 23.3. The van der Waals surface area contributed by atoms with Crippen molar-refractivity contribution in [2.24, 2.45) is 0 Å². The molecule has 0 amide bonds. The number of H-pyrrole nitrogens is 1. The Morgan fingerprint density at radius 3 is 2.68 bits per heavy atom. The van der Waals surface area contributed by atoms with E-state index in [1.54, 1.807) is 7.11 Å². The summed E-state index contributed by atoms with van der Waals surface area (Å²) in [4.78, 5) is 15.3. The summed E-state index contributed by atoms with van der Waals surface area (Å²) in [5.41, 5.74) is 5.95. The molecule has 5 rings (SSSR count). The average Bonchev–Trinajstić information content (AvgIpc) is 3.35. The van der Waals surface area contributed by atoms with E-state index >= 15 is 0 Å². The van der Waals surface area contributed by atoms with Crippen LogP contribution in [-0.2, 0) is 11.2 Å². The number of anilines is 4. The van der Waals surface area contributed by atoms with Crippen molar-refractivity contribution < 1.29 is 9.47 Å². The second-order valence-electron chi connectivity index (χ2n) is 8.20. The number of fused-ring (bicyclic) bond motifs is 1. The number of hydrogen-bond donors (Lipinski definition) is 3. The number of hydrogen-bond acceptors (Lipinski definition) is 7. The molecule has 2 aromatic carbocycles. The first-order chi connectivity index (χ1) is 16.7. The van der Waals surface area contributed by atoms with Gasteiger partial charge in [0.15, 0.2) is 5.82 Å². The highest BCUT2D eigenvalue weighted by atomic mass is 16.5. The van der Waals surface area contributed by atoms with Gasteiger partial charge in [-0.2, -0.15) is 0 Å². The molecule has 0 aliphatic carbocycles. The average molecular weight is 459 g/mol. The number of nitrogens with zero attached hydrogens (tertiary/aromatic N) is 3. The summed E-state index contributed by atoms with van der Waals surface area (Å²) in [6.45, 7) is 6.20. The summed E-state index contributed by atoms with van der Waals surface area (Å²) in [5.74, 6) is 2.32. The van der Waals surface area contributed by atoms with Crippen molar-refractivity contribution in [3.63, 3.8) is 0 Å². The number of morpholine rings is 1. The fraction of sp³-hybridized carbons (Fsp3) is 0.308. The molecule has 176 valence electrons. The van der Waals surface area contributed by atoms with Gasteiger partial charge in [-0.25, -0.2) is 9.97 Å². The van der Waals surface area contributed by atoms with Gasteiger partial charge in [0, 0.05) is 49.6 Å². The van der Waals surface area contributed by atoms with Gasteiger partial charge in [0.25, 0.3) is 0 Å². The van der Waals surface area contributed by atoms with Crippen LogP contribution in [-0.4, -0.2) is 54.9 Å². The SMILES string of the molecule is CCNc1ccccc1Nc1nc(Cc2ccc(N3CCOCC3)cc2OC)nc2cc[nH]c12. The van der Waals surface area contributed by atoms with Crippen molar-refractivity contribution >= 4 is 33.9 Å². The third-order valence-electron chi connectivity index (χ3n) is 6.00. The summed E-state index contributed by atoms with van der Waals surface area (Å²) in [5, 5.41) is 6.89. The first-order valence-electron chi connectivity index (χ1n) is 11.7. The Morgan fingerprint density at radius 1 is 1.06 bits per heavy atom. The van der Waals surface area contributed by atoms with Crippen LogP contribution in [0.25, 0.3) is 11.0 Å². The van der Waals surface area contributed by atoms with Crippen molar-refractivity contribution in [1.29, 1.82) is 0 Å². The molecule has 1 saturated heterocycles. The van der Waals surface area contributed by atoms with Crippen LogP contribution < -0.4 is 20.3 Å². The van der Waals surface area contributed by atoms with Gasteiger partial charge in [-0.3, -0.25) is 0 Å². The van der Waals surface area contributed by atoms with Crippen molar-refractivity contribution in [2.45, 2.75) is 13.3 Å². The standard InChI is InChI=1S/C26H30N6O2/c1-3-27-20-6-4-5-7-21(20)30-26-25-22(10-11-28-25)29-24(31-26)16-18-8-9-19(17-23(18)33-2)32-12-14-34-15-13-32/h4-11,17,27-28H,3,12-16H2,1-2H3,(H,29,30,31).